The van der Waals surface area contributed by atoms with Crippen LogP contribution in [0.2, 0.25) is 0 Å². The van der Waals surface area contributed by atoms with E-state index in [1.807, 2.05) is 6.92 Å². The van der Waals surface area contributed by atoms with Crippen molar-refractivity contribution >= 4 is 23.0 Å². The van der Waals surface area contributed by atoms with Crippen LogP contribution in [0, 0.1) is 10.1 Å². The molecular weight excluding hydrogens is 260 g/mol. The number of carbonyl (C=O) groups excluding carboxylic acids is 1. The zero-order valence-electron chi connectivity index (χ0n) is 11.2. The highest BCUT2D eigenvalue weighted by molar-refractivity contribution is 6.00. The van der Waals surface area contributed by atoms with Gasteiger partial charge in [0.1, 0.15) is 5.69 Å². The molecule has 1 fully saturated rings. The number of anilines is 2. The minimum Gasteiger partial charge on any atom is -0.373 e. The van der Waals surface area contributed by atoms with E-state index in [1.165, 1.54) is 6.07 Å². The van der Waals surface area contributed by atoms with Gasteiger partial charge in [0.05, 0.1) is 11.3 Å². The van der Waals surface area contributed by atoms with Crippen molar-refractivity contribution in [2.24, 2.45) is 0 Å². The minimum absolute atomic E-state index is 0.0216. The number of fused-ring (bicyclic) bond motifs is 1. The molecule has 2 aliphatic rings. The van der Waals surface area contributed by atoms with Crippen LogP contribution in [0.5, 0.6) is 0 Å². The van der Waals surface area contributed by atoms with Gasteiger partial charge in [-0.1, -0.05) is 0 Å². The van der Waals surface area contributed by atoms with Crippen LogP contribution >= 0.6 is 0 Å². The molecule has 0 radical (unpaired) electrons. The van der Waals surface area contributed by atoms with Crippen LogP contribution in [-0.4, -0.2) is 29.5 Å². The maximum Gasteiger partial charge on any atom is 0.292 e. The third-order valence-corrected chi connectivity index (χ3v) is 3.85. The summed E-state index contributed by atoms with van der Waals surface area (Å²) in [5, 5.41) is 20.4. The van der Waals surface area contributed by atoms with E-state index in [0.29, 0.717) is 16.9 Å². The van der Waals surface area contributed by atoms with Crippen molar-refractivity contribution in [1.82, 2.24) is 5.32 Å². The Morgan fingerprint density at radius 1 is 1.45 bits per heavy atom. The largest absolute Gasteiger partial charge is 0.373 e. The third-order valence-electron chi connectivity index (χ3n) is 3.85. The summed E-state index contributed by atoms with van der Waals surface area (Å²) in [5.41, 5.74) is 1.62. The first-order valence-electron chi connectivity index (χ1n) is 6.57. The Bertz CT molecular complexity index is 594. The summed E-state index contributed by atoms with van der Waals surface area (Å²) < 4.78 is 0. The molecule has 2 aliphatic heterocycles. The van der Waals surface area contributed by atoms with Crippen LogP contribution in [0.15, 0.2) is 12.1 Å². The molecule has 1 amide bonds. The standard InChI is InChI=1S/C13H16N4O3/c1-13(2-3-14-7-13)16-10-6-9-8(5-12(18)15-9)4-11(10)17(19)20/h4,6,14,16H,2-3,5,7H2,1H3,(H,15,18). The van der Waals surface area contributed by atoms with Crippen molar-refractivity contribution in [2.45, 2.75) is 25.3 Å². The van der Waals surface area contributed by atoms with Gasteiger partial charge in [-0.05, 0) is 31.5 Å². The van der Waals surface area contributed by atoms with E-state index in [2.05, 4.69) is 16.0 Å². The summed E-state index contributed by atoms with van der Waals surface area (Å²) in [4.78, 5) is 22.2. The maximum atomic E-state index is 11.4. The van der Waals surface area contributed by atoms with Gasteiger partial charge in [-0.25, -0.2) is 0 Å². The van der Waals surface area contributed by atoms with Gasteiger partial charge in [-0.2, -0.15) is 0 Å². The highest BCUT2D eigenvalue weighted by Crippen LogP contribution is 2.36. The topological polar surface area (TPSA) is 96.3 Å². The van der Waals surface area contributed by atoms with Crippen LogP contribution in [0.1, 0.15) is 18.9 Å². The molecule has 7 heteroatoms. The average Bonchev–Trinajstić information content (AvgIpc) is 2.93. The smallest absolute Gasteiger partial charge is 0.292 e. The molecule has 0 aromatic heterocycles. The summed E-state index contributed by atoms with van der Waals surface area (Å²) >= 11 is 0. The summed E-state index contributed by atoms with van der Waals surface area (Å²) in [6.45, 7) is 3.68. The van der Waals surface area contributed by atoms with Crippen LogP contribution in [0.3, 0.4) is 0 Å². The zero-order chi connectivity index (χ0) is 14.3. The molecule has 0 saturated carbocycles. The van der Waals surface area contributed by atoms with Crippen LogP contribution in [0.4, 0.5) is 17.1 Å². The predicted molar refractivity (Wildman–Crippen MR) is 74.9 cm³/mol. The van der Waals surface area contributed by atoms with Gasteiger partial charge in [0, 0.05) is 23.8 Å². The van der Waals surface area contributed by atoms with E-state index < -0.39 is 4.92 Å². The van der Waals surface area contributed by atoms with Crippen molar-refractivity contribution in [3.8, 4) is 0 Å². The molecule has 20 heavy (non-hydrogen) atoms. The van der Waals surface area contributed by atoms with Gasteiger partial charge in [0.25, 0.3) is 5.69 Å². The quantitative estimate of drug-likeness (QED) is 0.570. The Balaban J connectivity index is 1.98. The number of rotatable bonds is 3. The van der Waals surface area contributed by atoms with E-state index >= 15 is 0 Å². The number of nitro groups is 1. The second kappa shape index (κ2) is 4.45. The molecule has 2 heterocycles. The van der Waals surface area contributed by atoms with Gasteiger partial charge in [-0.3, -0.25) is 14.9 Å². The lowest BCUT2D eigenvalue weighted by Crippen LogP contribution is -2.37. The lowest BCUT2D eigenvalue weighted by Gasteiger charge is -2.26. The Labute approximate surface area is 115 Å². The molecule has 3 rings (SSSR count). The van der Waals surface area contributed by atoms with E-state index in [0.717, 1.165) is 19.5 Å². The Morgan fingerprint density at radius 2 is 2.25 bits per heavy atom. The first kappa shape index (κ1) is 12.9. The fourth-order valence-corrected chi connectivity index (χ4v) is 2.76. The fourth-order valence-electron chi connectivity index (χ4n) is 2.76. The van der Waals surface area contributed by atoms with Gasteiger partial charge < -0.3 is 16.0 Å². The summed E-state index contributed by atoms with van der Waals surface area (Å²) in [5.74, 6) is -0.125. The summed E-state index contributed by atoms with van der Waals surface area (Å²) in [6, 6.07) is 3.16. The molecule has 3 N–H and O–H groups in total. The first-order chi connectivity index (χ1) is 9.47. The SMILES string of the molecule is CC1(Nc2cc3c(cc2[N+](=O)[O-])CC(=O)N3)CCNC1. The number of amides is 1. The summed E-state index contributed by atoms with van der Waals surface area (Å²) in [6.07, 6.45) is 1.10. The maximum absolute atomic E-state index is 11.4. The molecule has 0 spiro atoms. The van der Waals surface area contributed by atoms with E-state index in [1.54, 1.807) is 6.07 Å². The van der Waals surface area contributed by atoms with Crippen LogP contribution in [-0.2, 0) is 11.2 Å². The van der Waals surface area contributed by atoms with Crippen LogP contribution in [0.25, 0.3) is 0 Å². The molecule has 1 atom stereocenters. The highest BCUT2D eigenvalue weighted by Gasteiger charge is 2.32. The van der Waals surface area contributed by atoms with Crippen LogP contribution < -0.4 is 16.0 Å². The number of nitrogens with zero attached hydrogens (tertiary/aromatic N) is 1. The third kappa shape index (κ3) is 2.20. The van der Waals surface area contributed by atoms with Crippen molar-refractivity contribution in [3.05, 3.63) is 27.8 Å². The number of carbonyl (C=O) groups is 1. The molecular formula is C13H16N4O3. The number of nitro benzene ring substituents is 1. The monoisotopic (exact) mass is 276 g/mol. The second-order valence-corrected chi connectivity index (χ2v) is 5.62. The molecule has 1 aromatic rings. The second-order valence-electron chi connectivity index (χ2n) is 5.62. The normalized spacial score (nSPS) is 24.4. The van der Waals surface area contributed by atoms with Gasteiger partial charge in [0.15, 0.2) is 0 Å². The van der Waals surface area contributed by atoms with E-state index in [-0.39, 0.29) is 23.6 Å². The summed E-state index contributed by atoms with van der Waals surface area (Å²) in [7, 11) is 0. The molecule has 0 aliphatic carbocycles. The molecule has 0 bridgehead atoms. The lowest BCUT2D eigenvalue weighted by atomic mass is 10.0. The highest BCUT2D eigenvalue weighted by atomic mass is 16.6. The average molecular weight is 276 g/mol. The van der Waals surface area contributed by atoms with Crippen molar-refractivity contribution < 1.29 is 9.72 Å². The van der Waals surface area contributed by atoms with Gasteiger partial charge in [0.2, 0.25) is 5.91 Å². The van der Waals surface area contributed by atoms with Crippen molar-refractivity contribution in [3.63, 3.8) is 0 Å². The van der Waals surface area contributed by atoms with Crippen molar-refractivity contribution in [2.75, 3.05) is 23.7 Å². The molecule has 1 aromatic carbocycles. The number of nitrogens with one attached hydrogen (secondary N) is 3. The fraction of sp³-hybridized carbons (Fsp3) is 0.462. The minimum atomic E-state index is -0.406. The Kier molecular flexibility index (Phi) is 2.86. The number of benzene rings is 1. The van der Waals surface area contributed by atoms with E-state index in [4.69, 9.17) is 0 Å². The van der Waals surface area contributed by atoms with Gasteiger partial charge in [-0.15, -0.1) is 0 Å². The lowest BCUT2D eigenvalue weighted by molar-refractivity contribution is -0.384. The molecule has 7 nitrogen and oxygen atoms in total. The zero-order valence-corrected chi connectivity index (χ0v) is 11.2. The molecule has 1 unspecified atom stereocenters. The molecule has 106 valence electrons. The Morgan fingerprint density at radius 3 is 2.90 bits per heavy atom. The number of hydrogen-bond acceptors (Lipinski definition) is 5. The predicted octanol–water partition coefficient (Wildman–Crippen LogP) is 1.25. The number of hydrogen-bond donors (Lipinski definition) is 3. The molecule has 1 saturated heterocycles. The Hall–Kier alpha value is -2.15. The van der Waals surface area contributed by atoms with Gasteiger partial charge >= 0.3 is 0 Å². The van der Waals surface area contributed by atoms with E-state index in [9.17, 15) is 14.9 Å². The first-order valence-corrected chi connectivity index (χ1v) is 6.57. The van der Waals surface area contributed by atoms with Crippen molar-refractivity contribution in [1.29, 1.82) is 0 Å².